The molecule has 0 unspecified atom stereocenters. The van der Waals surface area contributed by atoms with Crippen LogP contribution in [0, 0.1) is 11.6 Å². The molecule has 3 rings (SSSR count). The number of amides is 1. The maximum Gasteiger partial charge on any atom is 0.411 e. The van der Waals surface area contributed by atoms with Crippen molar-refractivity contribution in [3.05, 3.63) is 76.4 Å². The molecule has 0 fully saturated rings. The molecule has 3 aromatic rings. The standard InChI is InChI=1S/C26H27BrF2N2O4/c1-5-34-23(32)16-30(25(33)35-26(2,3)4)15-21-14-22(27)24(17-6-8-18(28)9-7-17)31(21)20-12-10-19(29)11-13-20/h6-14H,5,15-16H2,1-4H3. The fourth-order valence-electron chi connectivity index (χ4n) is 3.48. The van der Waals surface area contributed by atoms with Gasteiger partial charge in [0.2, 0.25) is 0 Å². The number of carbonyl (C=O) groups excluding carboxylic acids is 2. The third-order valence-electron chi connectivity index (χ3n) is 4.86. The first-order valence-corrected chi connectivity index (χ1v) is 11.8. The summed E-state index contributed by atoms with van der Waals surface area (Å²) in [6, 6.07) is 13.6. The van der Waals surface area contributed by atoms with Gasteiger partial charge < -0.3 is 14.0 Å². The van der Waals surface area contributed by atoms with Crippen molar-refractivity contribution in [3.63, 3.8) is 0 Å². The van der Waals surface area contributed by atoms with Crippen molar-refractivity contribution in [2.45, 2.75) is 39.8 Å². The Bertz CT molecular complexity index is 1190. The van der Waals surface area contributed by atoms with Crippen LogP contribution in [0.1, 0.15) is 33.4 Å². The van der Waals surface area contributed by atoms with E-state index in [2.05, 4.69) is 15.9 Å². The Morgan fingerprint density at radius 2 is 1.57 bits per heavy atom. The molecule has 0 saturated carbocycles. The summed E-state index contributed by atoms with van der Waals surface area (Å²) in [5.74, 6) is -1.35. The van der Waals surface area contributed by atoms with Crippen molar-refractivity contribution in [1.29, 1.82) is 0 Å². The Labute approximate surface area is 211 Å². The number of rotatable bonds is 7. The van der Waals surface area contributed by atoms with Crippen molar-refractivity contribution < 1.29 is 27.8 Å². The van der Waals surface area contributed by atoms with E-state index in [-0.39, 0.29) is 25.5 Å². The Balaban J connectivity index is 2.11. The zero-order valence-electron chi connectivity index (χ0n) is 20.0. The highest BCUT2D eigenvalue weighted by molar-refractivity contribution is 9.10. The number of aromatic nitrogens is 1. The summed E-state index contributed by atoms with van der Waals surface area (Å²) in [6.45, 7) is 6.73. The molecule has 0 radical (unpaired) electrons. The molecule has 0 saturated heterocycles. The maximum absolute atomic E-state index is 13.7. The predicted octanol–water partition coefficient (Wildman–Crippen LogP) is 6.49. The molecular formula is C26H27BrF2N2O4. The van der Waals surface area contributed by atoms with Gasteiger partial charge in [0.05, 0.1) is 18.8 Å². The molecule has 0 atom stereocenters. The lowest BCUT2D eigenvalue weighted by atomic mass is 10.1. The minimum absolute atomic E-state index is 0.00903. The van der Waals surface area contributed by atoms with E-state index in [1.165, 1.54) is 29.2 Å². The van der Waals surface area contributed by atoms with Crippen molar-refractivity contribution in [3.8, 4) is 16.9 Å². The van der Waals surface area contributed by atoms with E-state index < -0.39 is 23.5 Å². The smallest absolute Gasteiger partial charge is 0.411 e. The van der Waals surface area contributed by atoms with Gasteiger partial charge in [-0.2, -0.15) is 0 Å². The van der Waals surface area contributed by atoms with Crippen LogP contribution in [0.2, 0.25) is 0 Å². The Morgan fingerprint density at radius 1 is 1.00 bits per heavy atom. The van der Waals surface area contributed by atoms with E-state index in [0.717, 1.165) is 0 Å². The summed E-state index contributed by atoms with van der Waals surface area (Å²) in [7, 11) is 0. The molecule has 186 valence electrons. The quantitative estimate of drug-likeness (QED) is 0.317. The van der Waals surface area contributed by atoms with E-state index in [0.29, 0.717) is 27.1 Å². The van der Waals surface area contributed by atoms with Crippen LogP contribution >= 0.6 is 15.9 Å². The molecule has 1 heterocycles. The Morgan fingerprint density at radius 3 is 2.11 bits per heavy atom. The number of carbonyl (C=O) groups is 2. The highest BCUT2D eigenvalue weighted by Gasteiger charge is 2.27. The maximum atomic E-state index is 13.7. The second kappa shape index (κ2) is 11.0. The van der Waals surface area contributed by atoms with Gasteiger partial charge in [-0.05, 0) is 104 Å². The highest BCUT2D eigenvalue weighted by Crippen LogP contribution is 2.35. The van der Waals surface area contributed by atoms with Gasteiger partial charge in [-0.25, -0.2) is 13.6 Å². The summed E-state index contributed by atoms with van der Waals surface area (Å²) in [4.78, 5) is 26.5. The second-order valence-corrected chi connectivity index (χ2v) is 9.65. The molecule has 0 aliphatic carbocycles. The van der Waals surface area contributed by atoms with Crippen molar-refractivity contribution in [2.24, 2.45) is 0 Å². The number of esters is 1. The van der Waals surface area contributed by atoms with Crippen molar-refractivity contribution in [1.82, 2.24) is 9.47 Å². The number of hydrogen-bond acceptors (Lipinski definition) is 4. The van der Waals surface area contributed by atoms with Gasteiger partial charge in [0, 0.05) is 15.9 Å². The van der Waals surface area contributed by atoms with Gasteiger partial charge in [0.25, 0.3) is 0 Å². The summed E-state index contributed by atoms with van der Waals surface area (Å²) in [5, 5.41) is 0. The molecule has 0 spiro atoms. The van der Waals surface area contributed by atoms with E-state index in [9.17, 15) is 18.4 Å². The third-order valence-corrected chi connectivity index (χ3v) is 5.47. The highest BCUT2D eigenvalue weighted by atomic mass is 79.9. The molecule has 0 N–H and O–H groups in total. The monoisotopic (exact) mass is 548 g/mol. The molecule has 0 aliphatic heterocycles. The van der Waals surface area contributed by atoms with Crippen LogP contribution in [0.4, 0.5) is 13.6 Å². The molecule has 9 heteroatoms. The molecule has 1 aromatic heterocycles. The number of nitrogens with zero attached hydrogens (tertiary/aromatic N) is 2. The van der Waals surface area contributed by atoms with Gasteiger partial charge >= 0.3 is 12.1 Å². The molecule has 6 nitrogen and oxygen atoms in total. The summed E-state index contributed by atoms with van der Waals surface area (Å²) < 4.78 is 40.3. The van der Waals surface area contributed by atoms with Gasteiger partial charge in [-0.15, -0.1) is 0 Å². The number of benzene rings is 2. The normalized spacial score (nSPS) is 11.3. The van der Waals surface area contributed by atoms with Crippen LogP contribution in [0.25, 0.3) is 16.9 Å². The Kier molecular flexibility index (Phi) is 8.32. The van der Waals surface area contributed by atoms with E-state index in [4.69, 9.17) is 9.47 Å². The average Bonchev–Trinajstić information content (AvgIpc) is 3.09. The summed E-state index contributed by atoms with van der Waals surface area (Å²) >= 11 is 3.57. The zero-order chi connectivity index (χ0) is 25.8. The van der Waals surface area contributed by atoms with Crippen LogP contribution in [0.3, 0.4) is 0 Å². The van der Waals surface area contributed by atoms with Gasteiger partial charge in [-0.1, -0.05) is 0 Å². The Hall–Kier alpha value is -3.20. The lowest BCUT2D eigenvalue weighted by molar-refractivity contribution is -0.144. The summed E-state index contributed by atoms with van der Waals surface area (Å²) in [6.07, 6.45) is -0.683. The van der Waals surface area contributed by atoms with Crippen molar-refractivity contribution >= 4 is 28.0 Å². The van der Waals surface area contributed by atoms with Crippen LogP contribution < -0.4 is 0 Å². The minimum atomic E-state index is -0.775. The largest absolute Gasteiger partial charge is 0.465 e. The molecule has 0 bridgehead atoms. The molecule has 35 heavy (non-hydrogen) atoms. The van der Waals surface area contributed by atoms with Crippen LogP contribution in [0.5, 0.6) is 0 Å². The van der Waals surface area contributed by atoms with Gasteiger partial charge in [0.15, 0.2) is 0 Å². The fourth-order valence-corrected chi connectivity index (χ4v) is 4.15. The third kappa shape index (κ3) is 6.91. The van der Waals surface area contributed by atoms with Gasteiger partial charge in [0.1, 0.15) is 23.8 Å². The molecule has 1 amide bonds. The van der Waals surface area contributed by atoms with E-state index >= 15 is 0 Å². The van der Waals surface area contributed by atoms with Crippen LogP contribution in [0.15, 0.2) is 59.1 Å². The number of halogens is 3. The minimum Gasteiger partial charge on any atom is -0.465 e. The topological polar surface area (TPSA) is 60.8 Å². The number of hydrogen-bond donors (Lipinski definition) is 0. The SMILES string of the molecule is CCOC(=O)CN(Cc1cc(Br)c(-c2ccc(F)cc2)n1-c1ccc(F)cc1)C(=O)OC(C)(C)C. The van der Waals surface area contributed by atoms with E-state index in [1.54, 1.807) is 58.0 Å². The van der Waals surface area contributed by atoms with Gasteiger partial charge in [-0.3, -0.25) is 9.69 Å². The average molecular weight is 549 g/mol. The van der Waals surface area contributed by atoms with E-state index in [1.807, 2.05) is 4.57 Å². The van der Waals surface area contributed by atoms with Crippen molar-refractivity contribution in [2.75, 3.05) is 13.2 Å². The lowest BCUT2D eigenvalue weighted by Gasteiger charge is -2.27. The predicted molar refractivity (Wildman–Crippen MR) is 132 cm³/mol. The number of ether oxygens (including phenoxy) is 2. The zero-order valence-corrected chi connectivity index (χ0v) is 21.6. The first-order valence-electron chi connectivity index (χ1n) is 11.0. The van der Waals surface area contributed by atoms with Crippen LogP contribution in [-0.4, -0.2) is 40.3 Å². The lowest BCUT2D eigenvalue weighted by Crippen LogP contribution is -2.40. The molecule has 2 aromatic carbocycles. The second-order valence-electron chi connectivity index (χ2n) is 8.79. The molecular weight excluding hydrogens is 522 g/mol. The first-order chi connectivity index (χ1) is 16.5. The first kappa shape index (κ1) is 26.4. The van der Waals surface area contributed by atoms with Crippen LogP contribution in [-0.2, 0) is 20.8 Å². The molecule has 0 aliphatic rings. The fraction of sp³-hybridized carbons (Fsp3) is 0.308. The summed E-state index contributed by atoms with van der Waals surface area (Å²) in [5.41, 5.74) is 1.82.